The quantitative estimate of drug-likeness (QED) is 0.755. The molecule has 0 amide bonds. The molecule has 118 valence electrons. The third kappa shape index (κ3) is 4.89. The highest BCUT2D eigenvalue weighted by molar-refractivity contribution is 6.30. The Bertz CT molecular complexity index is 433. The van der Waals surface area contributed by atoms with Gasteiger partial charge in [-0.25, -0.2) is 0 Å². The molecule has 1 aromatic rings. The Morgan fingerprint density at radius 1 is 1.24 bits per heavy atom. The predicted molar refractivity (Wildman–Crippen MR) is 93.3 cm³/mol. The summed E-state index contributed by atoms with van der Waals surface area (Å²) in [5.74, 6) is 0.899. The Kier molecular flexibility index (Phi) is 6.85. The highest BCUT2D eigenvalue weighted by Crippen LogP contribution is 2.29. The molecule has 0 bridgehead atoms. The van der Waals surface area contributed by atoms with E-state index in [0.29, 0.717) is 0 Å². The van der Waals surface area contributed by atoms with Gasteiger partial charge < -0.3 is 10.2 Å². The van der Waals surface area contributed by atoms with Crippen LogP contribution in [0.1, 0.15) is 51.5 Å². The Balaban J connectivity index is 2.10. The Morgan fingerprint density at radius 2 is 2.10 bits per heavy atom. The largest absolute Gasteiger partial charge is 0.371 e. The lowest BCUT2D eigenvalue weighted by Gasteiger charge is -2.26. The minimum atomic E-state index is 0.848. The fourth-order valence-corrected chi connectivity index (χ4v) is 3.36. The fraction of sp³-hybridized carbons (Fsp3) is 0.667. The van der Waals surface area contributed by atoms with Crippen molar-refractivity contribution in [3.63, 3.8) is 0 Å². The van der Waals surface area contributed by atoms with Crippen molar-refractivity contribution in [1.82, 2.24) is 5.32 Å². The van der Waals surface area contributed by atoms with Gasteiger partial charge in [-0.1, -0.05) is 37.9 Å². The van der Waals surface area contributed by atoms with E-state index < -0.39 is 0 Å². The normalized spacial score (nSPS) is 19.6. The molecule has 1 aromatic carbocycles. The first-order chi connectivity index (χ1) is 10.2. The molecule has 1 unspecified atom stereocenters. The van der Waals surface area contributed by atoms with E-state index >= 15 is 0 Å². The van der Waals surface area contributed by atoms with Crippen LogP contribution in [0.3, 0.4) is 0 Å². The lowest BCUT2D eigenvalue weighted by Crippen LogP contribution is -2.26. The van der Waals surface area contributed by atoms with E-state index in [1.54, 1.807) is 0 Å². The summed E-state index contributed by atoms with van der Waals surface area (Å²) in [6.45, 7) is 8.86. The van der Waals surface area contributed by atoms with E-state index in [-0.39, 0.29) is 0 Å². The predicted octanol–water partition coefficient (Wildman–Crippen LogP) is 4.86. The smallest absolute Gasteiger partial charge is 0.0426 e. The second-order valence-electron chi connectivity index (χ2n) is 6.14. The number of nitrogens with one attached hydrogen (secondary N) is 1. The molecule has 1 atom stereocenters. The first kappa shape index (κ1) is 16.6. The molecule has 1 fully saturated rings. The highest BCUT2D eigenvalue weighted by Gasteiger charge is 2.18. The number of hydrogen-bond acceptors (Lipinski definition) is 2. The van der Waals surface area contributed by atoms with Crippen molar-refractivity contribution in [1.29, 1.82) is 0 Å². The summed E-state index contributed by atoms with van der Waals surface area (Å²) in [5, 5.41) is 4.36. The molecule has 1 aliphatic heterocycles. The zero-order valence-corrected chi connectivity index (χ0v) is 14.3. The van der Waals surface area contributed by atoms with E-state index in [2.05, 4.69) is 36.2 Å². The molecule has 2 rings (SSSR count). The van der Waals surface area contributed by atoms with E-state index in [1.807, 2.05) is 6.07 Å². The second kappa shape index (κ2) is 8.65. The lowest BCUT2D eigenvalue weighted by molar-refractivity contribution is 0.459. The topological polar surface area (TPSA) is 15.3 Å². The number of anilines is 1. The van der Waals surface area contributed by atoms with Crippen LogP contribution in [0.5, 0.6) is 0 Å². The van der Waals surface area contributed by atoms with Crippen LogP contribution in [0.2, 0.25) is 5.02 Å². The van der Waals surface area contributed by atoms with Crippen molar-refractivity contribution in [3.05, 3.63) is 28.8 Å². The molecule has 3 heteroatoms. The molecule has 0 aromatic heterocycles. The Morgan fingerprint density at radius 3 is 2.86 bits per heavy atom. The minimum absolute atomic E-state index is 0.848. The van der Waals surface area contributed by atoms with Crippen molar-refractivity contribution >= 4 is 17.3 Å². The molecule has 21 heavy (non-hydrogen) atoms. The van der Waals surface area contributed by atoms with Crippen LogP contribution >= 0.6 is 11.6 Å². The number of rotatable bonds is 6. The van der Waals surface area contributed by atoms with Crippen LogP contribution < -0.4 is 10.2 Å². The van der Waals surface area contributed by atoms with Crippen LogP contribution in [-0.2, 0) is 6.54 Å². The van der Waals surface area contributed by atoms with Crippen LogP contribution in [0.25, 0.3) is 0 Å². The summed E-state index contributed by atoms with van der Waals surface area (Å²) >= 11 is 6.25. The second-order valence-corrected chi connectivity index (χ2v) is 6.58. The van der Waals surface area contributed by atoms with Gasteiger partial charge in [-0.3, -0.25) is 0 Å². The Hall–Kier alpha value is -0.730. The van der Waals surface area contributed by atoms with Gasteiger partial charge in [-0.15, -0.1) is 0 Å². The summed E-state index contributed by atoms with van der Waals surface area (Å²) in [7, 11) is 0. The van der Waals surface area contributed by atoms with Gasteiger partial charge in [0.05, 0.1) is 0 Å². The number of nitrogens with zero attached hydrogens (tertiary/aromatic N) is 1. The van der Waals surface area contributed by atoms with Crippen molar-refractivity contribution in [2.24, 2.45) is 5.92 Å². The van der Waals surface area contributed by atoms with Crippen molar-refractivity contribution in [3.8, 4) is 0 Å². The van der Waals surface area contributed by atoms with Gasteiger partial charge in [0.2, 0.25) is 0 Å². The molecule has 0 spiro atoms. The van der Waals surface area contributed by atoms with Crippen LogP contribution in [0.4, 0.5) is 5.69 Å². The first-order valence-electron chi connectivity index (χ1n) is 8.48. The van der Waals surface area contributed by atoms with Gasteiger partial charge in [0, 0.05) is 30.3 Å². The lowest BCUT2D eigenvalue weighted by atomic mass is 9.98. The van der Waals surface area contributed by atoms with Crippen molar-refractivity contribution in [2.45, 2.75) is 52.5 Å². The van der Waals surface area contributed by atoms with Crippen LogP contribution in [-0.4, -0.2) is 19.6 Å². The molecular weight excluding hydrogens is 280 g/mol. The average molecular weight is 309 g/mol. The van der Waals surface area contributed by atoms with Crippen LogP contribution in [0, 0.1) is 5.92 Å². The molecule has 1 N–H and O–H groups in total. The summed E-state index contributed by atoms with van der Waals surface area (Å²) in [6.07, 6.45) is 6.47. The molecule has 2 nitrogen and oxygen atoms in total. The van der Waals surface area contributed by atoms with Gasteiger partial charge in [-0.2, -0.15) is 0 Å². The van der Waals surface area contributed by atoms with Gasteiger partial charge in [-0.05, 0) is 55.8 Å². The van der Waals surface area contributed by atoms with Crippen molar-refractivity contribution in [2.75, 3.05) is 24.5 Å². The van der Waals surface area contributed by atoms with Gasteiger partial charge in [0.25, 0.3) is 0 Å². The SMILES string of the molecule is CCCNCc1ccc(Cl)cc1N1CCCC(CC)CC1. The zero-order chi connectivity index (χ0) is 15.1. The van der Waals surface area contributed by atoms with Gasteiger partial charge >= 0.3 is 0 Å². The van der Waals surface area contributed by atoms with E-state index in [9.17, 15) is 0 Å². The maximum Gasteiger partial charge on any atom is 0.0426 e. The van der Waals surface area contributed by atoms with Crippen molar-refractivity contribution < 1.29 is 0 Å². The molecule has 0 aliphatic carbocycles. The number of hydrogen-bond donors (Lipinski definition) is 1. The number of benzene rings is 1. The molecular formula is C18H29ClN2. The van der Waals surface area contributed by atoms with Gasteiger partial charge in [0.1, 0.15) is 0 Å². The van der Waals surface area contributed by atoms with E-state index in [0.717, 1.165) is 30.6 Å². The summed E-state index contributed by atoms with van der Waals surface area (Å²) in [5.41, 5.74) is 2.71. The van der Waals surface area contributed by atoms with E-state index in [4.69, 9.17) is 11.6 Å². The molecule has 1 saturated heterocycles. The summed E-state index contributed by atoms with van der Waals surface area (Å²) in [6, 6.07) is 6.35. The Labute approximate surface area is 134 Å². The highest BCUT2D eigenvalue weighted by atomic mass is 35.5. The zero-order valence-electron chi connectivity index (χ0n) is 13.5. The number of halogens is 1. The summed E-state index contributed by atoms with van der Waals surface area (Å²) < 4.78 is 0. The molecule has 1 aliphatic rings. The maximum atomic E-state index is 6.25. The van der Waals surface area contributed by atoms with Crippen LogP contribution in [0.15, 0.2) is 18.2 Å². The third-order valence-electron chi connectivity index (χ3n) is 4.56. The molecule has 0 radical (unpaired) electrons. The first-order valence-corrected chi connectivity index (χ1v) is 8.86. The van der Waals surface area contributed by atoms with Gasteiger partial charge in [0.15, 0.2) is 0 Å². The van der Waals surface area contributed by atoms with E-state index in [1.165, 1.54) is 49.9 Å². The maximum absolute atomic E-state index is 6.25. The standard InChI is InChI=1S/C18H29ClN2/c1-3-10-20-14-16-7-8-17(19)13-18(16)21-11-5-6-15(4-2)9-12-21/h7-8,13,15,20H,3-6,9-12,14H2,1-2H3. The fourth-order valence-electron chi connectivity index (χ4n) is 3.20. The molecule has 1 heterocycles. The third-order valence-corrected chi connectivity index (χ3v) is 4.79. The minimum Gasteiger partial charge on any atom is -0.371 e. The average Bonchev–Trinajstić information content (AvgIpc) is 2.74. The molecule has 0 saturated carbocycles. The monoisotopic (exact) mass is 308 g/mol. The summed E-state index contributed by atoms with van der Waals surface area (Å²) in [4.78, 5) is 2.55.